The molecule has 0 saturated carbocycles. The fraction of sp³-hybridized carbons (Fsp3) is 0.533. The summed E-state index contributed by atoms with van der Waals surface area (Å²) in [5.41, 5.74) is 1.26. The summed E-state index contributed by atoms with van der Waals surface area (Å²) in [6, 6.07) is 8.37. The smallest absolute Gasteiger partial charge is 0.187 e. The van der Waals surface area contributed by atoms with E-state index in [4.69, 9.17) is 9.73 Å². The lowest BCUT2D eigenvalue weighted by Crippen LogP contribution is -2.17. The molecule has 18 heavy (non-hydrogen) atoms. The standard InChI is InChI=1S/C15H20BrNO/c1-4-11(14-17-15(2,3)10-18-14)9-12-7-5-6-8-13(12)16/h5-8,11H,4,9-10H2,1-3H3. The van der Waals surface area contributed by atoms with Gasteiger partial charge in [-0.3, -0.25) is 0 Å². The average Bonchev–Trinajstić information content (AvgIpc) is 2.68. The Balaban J connectivity index is 2.14. The first-order valence-corrected chi connectivity index (χ1v) is 7.27. The predicted octanol–water partition coefficient (Wildman–Crippen LogP) is 4.23. The van der Waals surface area contributed by atoms with Crippen molar-refractivity contribution in [3.63, 3.8) is 0 Å². The van der Waals surface area contributed by atoms with Gasteiger partial charge in [-0.2, -0.15) is 0 Å². The summed E-state index contributed by atoms with van der Waals surface area (Å²) in [7, 11) is 0. The van der Waals surface area contributed by atoms with Gasteiger partial charge in [-0.1, -0.05) is 41.1 Å². The van der Waals surface area contributed by atoms with Gasteiger partial charge in [0.05, 0.1) is 5.54 Å². The normalized spacial score (nSPS) is 19.2. The minimum absolute atomic E-state index is 0.0589. The number of benzene rings is 1. The van der Waals surface area contributed by atoms with E-state index in [2.05, 4.69) is 54.9 Å². The Labute approximate surface area is 118 Å². The SMILES string of the molecule is CCC(Cc1ccccc1Br)C1=NC(C)(C)CO1. The molecule has 1 aliphatic rings. The van der Waals surface area contributed by atoms with Gasteiger partial charge in [0.15, 0.2) is 5.90 Å². The van der Waals surface area contributed by atoms with Crippen LogP contribution >= 0.6 is 15.9 Å². The highest BCUT2D eigenvalue weighted by Gasteiger charge is 2.30. The molecule has 1 atom stereocenters. The number of nitrogens with zero attached hydrogens (tertiary/aromatic N) is 1. The largest absolute Gasteiger partial charge is 0.478 e. The molecule has 0 spiro atoms. The Morgan fingerprint density at radius 3 is 2.67 bits per heavy atom. The van der Waals surface area contributed by atoms with E-state index in [1.165, 1.54) is 10.0 Å². The van der Waals surface area contributed by atoms with Crippen molar-refractivity contribution in [3.05, 3.63) is 34.3 Å². The van der Waals surface area contributed by atoms with E-state index in [0.717, 1.165) is 18.7 Å². The van der Waals surface area contributed by atoms with E-state index in [1.54, 1.807) is 0 Å². The van der Waals surface area contributed by atoms with Crippen molar-refractivity contribution in [1.29, 1.82) is 0 Å². The fourth-order valence-electron chi connectivity index (χ4n) is 2.16. The number of rotatable bonds is 4. The zero-order valence-corrected chi connectivity index (χ0v) is 12.8. The summed E-state index contributed by atoms with van der Waals surface area (Å²) in [6.07, 6.45) is 2.03. The van der Waals surface area contributed by atoms with E-state index in [-0.39, 0.29) is 5.54 Å². The molecule has 3 heteroatoms. The number of ether oxygens (including phenoxy) is 1. The summed E-state index contributed by atoms with van der Waals surface area (Å²) in [5.74, 6) is 1.31. The summed E-state index contributed by atoms with van der Waals surface area (Å²) in [6.45, 7) is 7.13. The van der Waals surface area contributed by atoms with E-state index >= 15 is 0 Å². The topological polar surface area (TPSA) is 21.6 Å². The van der Waals surface area contributed by atoms with Crippen molar-refractivity contribution < 1.29 is 4.74 Å². The van der Waals surface area contributed by atoms with E-state index in [1.807, 2.05) is 6.07 Å². The van der Waals surface area contributed by atoms with Gasteiger partial charge in [-0.05, 0) is 38.3 Å². The molecule has 0 fully saturated rings. The van der Waals surface area contributed by atoms with Crippen LogP contribution in [0.1, 0.15) is 32.8 Å². The maximum absolute atomic E-state index is 5.77. The molecule has 0 aliphatic carbocycles. The molecule has 0 aromatic heterocycles. The molecule has 1 aromatic carbocycles. The molecule has 1 aliphatic heterocycles. The van der Waals surface area contributed by atoms with E-state index in [0.29, 0.717) is 12.5 Å². The zero-order chi connectivity index (χ0) is 13.2. The van der Waals surface area contributed by atoms with Crippen LogP contribution in [-0.2, 0) is 11.2 Å². The van der Waals surface area contributed by atoms with Gasteiger partial charge in [0.2, 0.25) is 0 Å². The Morgan fingerprint density at radius 1 is 1.39 bits per heavy atom. The third-order valence-electron chi connectivity index (χ3n) is 3.25. The molecule has 2 rings (SSSR count). The first kappa shape index (κ1) is 13.6. The Bertz CT molecular complexity index is 454. The quantitative estimate of drug-likeness (QED) is 0.816. The first-order chi connectivity index (χ1) is 8.52. The number of halogens is 1. The maximum atomic E-state index is 5.77. The van der Waals surface area contributed by atoms with Gasteiger partial charge in [0.1, 0.15) is 6.61 Å². The second-order valence-electron chi connectivity index (χ2n) is 5.45. The molecule has 1 aromatic rings. The Morgan fingerprint density at radius 2 is 2.11 bits per heavy atom. The average molecular weight is 310 g/mol. The molecule has 1 unspecified atom stereocenters. The van der Waals surface area contributed by atoms with Crippen LogP contribution in [-0.4, -0.2) is 18.0 Å². The Hall–Kier alpha value is -0.830. The summed E-state index contributed by atoms with van der Waals surface area (Å²) in [5, 5.41) is 0. The highest BCUT2D eigenvalue weighted by Crippen LogP contribution is 2.26. The third-order valence-corrected chi connectivity index (χ3v) is 4.03. The van der Waals surface area contributed by atoms with Gasteiger partial charge in [-0.25, -0.2) is 4.99 Å². The monoisotopic (exact) mass is 309 g/mol. The molecular formula is C15H20BrNO. The van der Waals surface area contributed by atoms with Gasteiger partial charge in [0.25, 0.3) is 0 Å². The maximum Gasteiger partial charge on any atom is 0.187 e. The van der Waals surface area contributed by atoms with Gasteiger partial charge in [-0.15, -0.1) is 0 Å². The van der Waals surface area contributed by atoms with Crippen LogP contribution in [0.4, 0.5) is 0 Å². The van der Waals surface area contributed by atoms with Crippen LogP contribution in [0.25, 0.3) is 0 Å². The molecule has 0 radical (unpaired) electrons. The number of hydrogen-bond donors (Lipinski definition) is 0. The van der Waals surface area contributed by atoms with Crippen LogP contribution < -0.4 is 0 Å². The second-order valence-corrected chi connectivity index (χ2v) is 6.31. The fourth-order valence-corrected chi connectivity index (χ4v) is 2.60. The minimum Gasteiger partial charge on any atom is -0.478 e. The van der Waals surface area contributed by atoms with Crippen LogP contribution in [0.15, 0.2) is 33.7 Å². The van der Waals surface area contributed by atoms with Crippen molar-refractivity contribution >= 4 is 21.8 Å². The van der Waals surface area contributed by atoms with E-state index < -0.39 is 0 Å². The van der Waals surface area contributed by atoms with Crippen molar-refractivity contribution in [2.75, 3.05) is 6.61 Å². The zero-order valence-electron chi connectivity index (χ0n) is 11.2. The van der Waals surface area contributed by atoms with Crippen molar-refractivity contribution in [2.45, 2.75) is 39.2 Å². The van der Waals surface area contributed by atoms with Crippen molar-refractivity contribution in [1.82, 2.24) is 0 Å². The molecule has 0 amide bonds. The van der Waals surface area contributed by atoms with Crippen molar-refractivity contribution in [2.24, 2.45) is 10.9 Å². The highest BCUT2D eigenvalue weighted by molar-refractivity contribution is 9.10. The molecule has 2 nitrogen and oxygen atoms in total. The van der Waals surface area contributed by atoms with Crippen LogP contribution in [0.3, 0.4) is 0 Å². The molecule has 98 valence electrons. The van der Waals surface area contributed by atoms with Crippen molar-refractivity contribution in [3.8, 4) is 0 Å². The summed E-state index contributed by atoms with van der Waals surface area (Å²) >= 11 is 3.60. The molecule has 0 N–H and O–H groups in total. The summed E-state index contributed by atoms with van der Waals surface area (Å²) in [4.78, 5) is 4.70. The lowest BCUT2D eigenvalue weighted by Gasteiger charge is -2.15. The number of aliphatic imine (C=N–C) groups is 1. The first-order valence-electron chi connectivity index (χ1n) is 6.48. The van der Waals surface area contributed by atoms with E-state index in [9.17, 15) is 0 Å². The minimum atomic E-state index is -0.0589. The Kier molecular flexibility index (Phi) is 4.10. The molecule has 0 bridgehead atoms. The van der Waals surface area contributed by atoms with Gasteiger partial charge < -0.3 is 4.74 Å². The predicted molar refractivity (Wildman–Crippen MR) is 79.1 cm³/mol. The van der Waals surface area contributed by atoms with Crippen LogP contribution in [0.5, 0.6) is 0 Å². The lowest BCUT2D eigenvalue weighted by atomic mass is 9.96. The summed E-state index contributed by atoms with van der Waals surface area (Å²) < 4.78 is 6.94. The van der Waals surface area contributed by atoms with Crippen LogP contribution in [0.2, 0.25) is 0 Å². The molecular weight excluding hydrogens is 290 g/mol. The molecule has 1 heterocycles. The third kappa shape index (κ3) is 3.14. The second kappa shape index (κ2) is 5.43. The van der Waals surface area contributed by atoms with Gasteiger partial charge >= 0.3 is 0 Å². The van der Waals surface area contributed by atoms with Crippen LogP contribution in [0, 0.1) is 5.92 Å². The highest BCUT2D eigenvalue weighted by atomic mass is 79.9. The number of hydrogen-bond acceptors (Lipinski definition) is 2. The lowest BCUT2D eigenvalue weighted by molar-refractivity contribution is 0.264. The molecule has 0 saturated heterocycles. The van der Waals surface area contributed by atoms with Gasteiger partial charge in [0, 0.05) is 10.4 Å².